The summed E-state index contributed by atoms with van der Waals surface area (Å²) in [6.45, 7) is 4.48. The summed E-state index contributed by atoms with van der Waals surface area (Å²) in [5.41, 5.74) is 13.4. The van der Waals surface area contributed by atoms with Crippen molar-refractivity contribution < 1.29 is 0 Å². The molecule has 2 nitrogen and oxygen atoms in total. The van der Waals surface area contributed by atoms with E-state index in [0.29, 0.717) is 0 Å². The summed E-state index contributed by atoms with van der Waals surface area (Å²) in [7, 11) is 0. The number of rotatable bonds is 4. The number of hydrogen-bond donors (Lipinski definition) is 0. The van der Waals surface area contributed by atoms with Crippen LogP contribution in [0.1, 0.15) is 11.1 Å². The number of fused-ring (bicyclic) bond motifs is 5. The molecule has 0 radical (unpaired) electrons. The normalized spacial score (nSPS) is 11.6. The molecule has 3 heteroatoms. The molecule has 0 bridgehead atoms. The first kappa shape index (κ1) is 29.0. The molecule has 0 atom stereocenters. The maximum absolute atomic E-state index is 13.3. The van der Waals surface area contributed by atoms with Crippen LogP contribution in [0.25, 0.3) is 78.5 Å². The van der Waals surface area contributed by atoms with Crippen LogP contribution in [0.5, 0.6) is 0 Å². The van der Waals surface area contributed by atoms with E-state index in [0.717, 1.165) is 27.6 Å². The van der Waals surface area contributed by atoms with Crippen molar-refractivity contribution in [2.75, 3.05) is 0 Å². The summed E-state index contributed by atoms with van der Waals surface area (Å²) in [5, 5.41) is 4.26. The van der Waals surface area contributed by atoms with Gasteiger partial charge in [-0.3, -0.25) is 0 Å². The molecule has 9 rings (SSSR count). The second kappa shape index (κ2) is 11.5. The molecule has 228 valence electrons. The van der Waals surface area contributed by atoms with Crippen LogP contribution >= 0.6 is 0 Å². The van der Waals surface area contributed by atoms with E-state index in [-0.39, 0.29) is 5.43 Å². The van der Waals surface area contributed by atoms with Gasteiger partial charge >= 0.3 is 230 Å². The Kier molecular flexibility index (Phi) is 6.94. The molecule has 2 heterocycles. The molecule has 0 fully saturated rings. The molecule has 0 saturated carbocycles. The molecule has 0 saturated heterocycles. The van der Waals surface area contributed by atoms with E-state index in [9.17, 15) is 4.79 Å². The van der Waals surface area contributed by atoms with Crippen molar-refractivity contribution in [1.82, 2.24) is 4.57 Å². The zero-order valence-electron chi connectivity index (χ0n) is 26.7. The quantitative estimate of drug-likeness (QED) is 0.131. The molecule has 0 amide bonds. The Labute approximate surface area is 288 Å². The zero-order valence-corrected chi connectivity index (χ0v) is 29.0. The van der Waals surface area contributed by atoms with E-state index in [1.165, 1.54) is 62.0 Å². The van der Waals surface area contributed by atoms with Crippen molar-refractivity contribution in [1.29, 1.82) is 0 Å². The number of nitrogens with zero attached hydrogens (tertiary/aromatic N) is 1. The van der Waals surface area contributed by atoms with Gasteiger partial charge in [-0.05, 0) is 0 Å². The van der Waals surface area contributed by atoms with Gasteiger partial charge in [-0.25, -0.2) is 0 Å². The first-order valence-corrected chi connectivity index (χ1v) is 18.6. The summed E-state index contributed by atoms with van der Waals surface area (Å²) in [4.78, 5) is 13.3. The predicted octanol–water partition coefficient (Wildman–Crippen LogP) is 11.1. The molecule has 0 aliphatic heterocycles. The van der Waals surface area contributed by atoms with Crippen LogP contribution in [0.3, 0.4) is 0 Å². The van der Waals surface area contributed by atoms with E-state index in [4.69, 9.17) is 0 Å². The molecule has 0 N–H and O–H groups in total. The third-order valence-corrected chi connectivity index (χ3v) is 12.8. The topological polar surface area (TPSA) is 22.0 Å². The fourth-order valence-corrected chi connectivity index (χ4v) is 10.5. The third-order valence-electron chi connectivity index (χ3n) is 9.57. The number of benzene rings is 7. The molecular formula is C45H31NOTe. The number of aryl methyl sites for hydroxylation is 2. The molecule has 0 unspecified atom stereocenters. The van der Waals surface area contributed by atoms with Crippen molar-refractivity contribution >= 4 is 59.8 Å². The van der Waals surface area contributed by atoms with Crippen LogP contribution in [-0.4, -0.2) is 25.0 Å². The van der Waals surface area contributed by atoms with E-state index in [2.05, 4.69) is 152 Å². The van der Waals surface area contributed by atoms with Gasteiger partial charge in [-0.2, -0.15) is 0 Å². The van der Waals surface area contributed by atoms with Crippen molar-refractivity contribution in [3.05, 3.63) is 173 Å². The Morgan fingerprint density at radius 2 is 0.958 bits per heavy atom. The molecule has 0 aliphatic rings. The van der Waals surface area contributed by atoms with Gasteiger partial charge in [0.05, 0.1) is 0 Å². The third kappa shape index (κ3) is 4.74. The van der Waals surface area contributed by atoms with Gasteiger partial charge in [0, 0.05) is 0 Å². The average Bonchev–Trinajstić information content (AvgIpc) is 3.48. The van der Waals surface area contributed by atoms with E-state index in [1.807, 2.05) is 18.2 Å². The molecule has 2 aromatic heterocycles. The maximum atomic E-state index is 13.3. The number of aromatic nitrogens is 1. The molecule has 0 spiro atoms. The molecule has 7 aromatic carbocycles. The van der Waals surface area contributed by atoms with Crippen molar-refractivity contribution in [2.24, 2.45) is 0 Å². The van der Waals surface area contributed by atoms with Gasteiger partial charge in [-0.1, -0.05) is 60.7 Å². The van der Waals surface area contributed by atoms with Crippen molar-refractivity contribution in [3.63, 3.8) is 0 Å². The monoisotopic (exact) mass is 731 g/mol. The van der Waals surface area contributed by atoms with Gasteiger partial charge in [0.2, 0.25) is 0 Å². The summed E-state index contributed by atoms with van der Waals surface area (Å²) < 4.78 is 4.92. The molecular weight excluding hydrogens is 698 g/mol. The molecule has 9 aromatic rings. The van der Waals surface area contributed by atoms with Crippen LogP contribution in [0.15, 0.2) is 156 Å². The van der Waals surface area contributed by atoms with Gasteiger partial charge in [0.1, 0.15) is 0 Å². The Hall–Kier alpha value is -5.20. The summed E-state index contributed by atoms with van der Waals surface area (Å²) in [5.74, 6) is 0. The first-order valence-electron chi connectivity index (χ1n) is 16.3. The number of hydrogen-bond acceptors (Lipinski definition) is 1. The fourth-order valence-electron chi connectivity index (χ4n) is 7.33. The minimum absolute atomic E-state index is 0.151. The SMILES string of the molecule is Cc1cc(-c2ccccc2)cc2c3cc(-c4ccccc4)cc(C)c3n(-c3cccc(-c4ccc5c(=O)c6ccccc6[te]c5c4)c3)c12. The molecule has 0 aliphatic carbocycles. The zero-order chi connectivity index (χ0) is 32.4. The van der Waals surface area contributed by atoms with Crippen LogP contribution in [0.4, 0.5) is 0 Å². The standard InChI is InChI=1S/C45H31NOTe/c1-28-22-34(30-12-5-3-6-13-30)25-39-40-26-35(31-14-7-4-8-15-31)23-29(2)44(40)46(43(28)39)36-17-11-16-32(24-36)33-20-21-38-42(27-33)48-41-19-10-9-18-37(41)45(38)47/h3-27H,1-2H3. The van der Waals surface area contributed by atoms with Gasteiger partial charge in [0.15, 0.2) is 0 Å². The minimum atomic E-state index is -0.652. The van der Waals surface area contributed by atoms with Gasteiger partial charge in [-0.15, -0.1) is 0 Å². The summed E-state index contributed by atoms with van der Waals surface area (Å²) in [6, 6.07) is 54.2. The van der Waals surface area contributed by atoms with Crippen LogP contribution in [-0.2, 0) is 0 Å². The Bertz CT molecular complexity index is 2650. The van der Waals surface area contributed by atoms with Crippen molar-refractivity contribution in [2.45, 2.75) is 13.8 Å². The summed E-state index contributed by atoms with van der Waals surface area (Å²) >= 11 is -0.652. The second-order valence-corrected chi connectivity index (χ2v) is 15.7. The second-order valence-electron chi connectivity index (χ2n) is 12.6. The first-order chi connectivity index (χ1) is 23.5. The Balaban J connectivity index is 1.28. The van der Waals surface area contributed by atoms with Crippen LogP contribution in [0, 0.1) is 13.8 Å². The molecule has 48 heavy (non-hydrogen) atoms. The van der Waals surface area contributed by atoms with Crippen LogP contribution < -0.4 is 5.43 Å². The van der Waals surface area contributed by atoms with E-state index < -0.39 is 20.4 Å². The summed E-state index contributed by atoms with van der Waals surface area (Å²) in [6.07, 6.45) is 0. The Morgan fingerprint density at radius 3 is 1.60 bits per heavy atom. The van der Waals surface area contributed by atoms with E-state index >= 15 is 0 Å². The fraction of sp³-hybridized carbons (Fsp3) is 0.0444. The van der Waals surface area contributed by atoms with Gasteiger partial charge in [0.25, 0.3) is 0 Å². The van der Waals surface area contributed by atoms with Crippen molar-refractivity contribution in [3.8, 4) is 39.1 Å². The average molecular weight is 729 g/mol. The van der Waals surface area contributed by atoms with E-state index in [1.54, 1.807) is 0 Å². The van der Waals surface area contributed by atoms with Gasteiger partial charge < -0.3 is 0 Å². The predicted molar refractivity (Wildman–Crippen MR) is 205 cm³/mol. The van der Waals surface area contributed by atoms with Crippen LogP contribution in [0.2, 0.25) is 0 Å². The Morgan fingerprint density at radius 1 is 0.417 bits per heavy atom.